The maximum Gasteiger partial charge on any atom is 0.248 e. The van der Waals surface area contributed by atoms with Crippen molar-refractivity contribution >= 4 is 17.4 Å². The average Bonchev–Trinajstić information content (AvgIpc) is 2.39. The highest BCUT2D eigenvalue weighted by atomic mass is 16.1. The second-order valence-corrected chi connectivity index (χ2v) is 4.16. The molecule has 19 heavy (non-hydrogen) atoms. The van der Waals surface area contributed by atoms with Crippen LogP contribution in [0.3, 0.4) is 0 Å². The summed E-state index contributed by atoms with van der Waals surface area (Å²) in [5.41, 5.74) is 19.5. The van der Waals surface area contributed by atoms with Gasteiger partial charge in [-0.1, -0.05) is 18.2 Å². The zero-order chi connectivity index (χ0) is 14.0. The van der Waals surface area contributed by atoms with Gasteiger partial charge in [0, 0.05) is 16.8 Å². The Kier molecular flexibility index (Phi) is 3.20. The van der Waals surface area contributed by atoms with E-state index in [0.29, 0.717) is 16.8 Å². The Hall–Kier alpha value is -2.82. The molecule has 0 aliphatic heterocycles. The minimum atomic E-state index is -0.482. The Morgan fingerprint density at radius 1 is 1.00 bits per heavy atom. The van der Waals surface area contributed by atoms with Crippen molar-refractivity contribution in [1.29, 1.82) is 5.41 Å². The molecule has 0 saturated heterocycles. The van der Waals surface area contributed by atoms with Crippen LogP contribution in [0, 0.1) is 5.41 Å². The molecule has 0 bridgehead atoms. The Morgan fingerprint density at radius 3 is 2.32 bits per heavy atom. The average molecular weight is 254 g/mol. The van der Waals surface area contributed by atoms with Crippen molar-refractivity contribution in [1.82, 2.24) is 0 Å². The third-order valence-electron chi connectivity index (χ3n) is 2.82. The van der Waals surface area contributed by atoms with Gasteiger partial charge in [0.15, 0.2) is 0 Å². The van der Waals surface area contributed by atoms with E-state index in [0.717, 1.165) is 11.1 Å². The van der Waals surface area contributed by atoms with Crippen molar-refractivity contribution in [3.63, 3.8) is 0 Å². The summed E-state index contributed by atoms with van der Waals surface area (Å²) in [6.45, 7) is 0. The molecule has 7 N–H and O–H groups in total. The number of amidine groups is 1. The summed E-state index contributed by atoms with van der Waals surface area (Å²) >= 11 is 0. The molecule has 0 unspecified atom stereocenters. The third kappa shape index (κ3) is 2.55. The van der Waals surface area contributed by atoms with Gasteiger partial charge in [0.1, 0.15) is 5.84 Å². The van der Waals surface area contributed by atoms with Gasteiger partial charge in [-0.3, -0.25) is 10.2 Å². The van der Waals surface area contributed by atoms with Gasteiger partial charge >= 0.3 is 0 Å². The lowest BCUT2D eigenvalue weighted by atomic mass is 9.99. The molecule has 0 aromatic heterocycles. The number of nitrogen functional groups attached to an aromatic ring is 2. The Balaban J connectivity index is 2.53. The first-order valence-electron chi connectivity index (χ1n) is 5.63. The number of carbonyl (C=O) groups is 1. The van der Waals surface area contributed by atoms with Crippen molar-refractivity contribution < 1.29 is 4.79 Å². The zero-order valence-corrected chi connectivity index (χ0v) is 10.2. The van der Waals surface area contributed by atoms with Crippen LogP contribution in [0.1, 0.15) is 15.9 Å². The molecule has 5 nitrogen and oxygen atoms in total. The van der Waals surface area contributed by atoms with E-state index in [2.05, 4.69) is 0 Å². The van der Waals surface area contributed by atoms with Crippen LogP contribution in [0.4, 0.5) is 5.69 Å². The topological polar surface area (TPSA) is 119 Å². The number of amides is 1. The second kappa shape index (κ2) is 4.81. The Morgan fingerprint density at radius 2 is 1.68 bits per heavy atom. The molecule has 2 aromatic carbocycles. The van der Waals surface area contributed by atoms with Gasteiger partial charge in [0.2, 0.25) is 5.91 Å². The number of benzene rings is 2. The summed E-state index contributed by atoms with van der Waals surface area (Å²) in [7, 11) is 0. The summed E-state index contributed by atoms with van der Waals surface area (Å²) in [4.78, 5) is 11.2. The Bertz CT molecular complexity index is 664. The maximum atomic E-state index is 11.2. The molecule has 1 amide bonds. The summed E-state index contributed by atoms with van der Waals surface area (Å²) in [5, 5.41) is 7.47. The number of anilines is 1. The molecular formula is C14H14N4O. The van der Waals surface area contributed by atoms with Crippen molar-refractivity contribution in [2.24, 2.45) is 11.5 Å². The highest BCUT2D eigenvalue weighted by molar-refractivity contribution is 6.01. The van der Waals surface area contributed by atoms with E-state index in [1.165, 1.54) is 0 Å². The fourth-order valence-corrected chi connectivity index (χ4v) is 1.82. The summed E-state index contributed by atoms with van der Waals surface area (Å²) < 4.78 is 0. The first kappa shape index (κ1) is 12.6. The van der Waals surface area contributed by atoms with Crippen molar-refractivity contribution in [2.75, 3.05) is 5.73 Å². The van der Waals surface area contributed by atoms with Gasteiger partial charge in [-0.05, 0) is 35.4 Å². The predicted octanol–water partition coefficient (Wildman–Crippen LogP) is 1.32. The largest absolute Gasteiger partial charge is 0.398 e. The summed E-state index contributed by atoms with van der Waals surface area (Å²) in [5.74, 6) is -0.575. The number of hydrogen-bond acceptors (Lipinski definition) is 3. The van der Waals surface area contributed by atoms with Gasteiger partial charge in [0.25, 0.3) is 0 Å². The van der Waals surface area contributed by atoms with E-state index in [4.69, 9.17) is 22.6 Å². The van der Waals surface area contributed by atoms with Crippen LogP contribution in [-0.2, 0) is 0 Å². The van der Waals surface area contributed by atoms with Crippen LogP contribution < -0.4 is 17.2 Å². The standard InChI is InChI=1S/C14H14N4O/c15-12-5-4-9(7-11(12)13(16)17)8-2-1-3-10(6-8)14(18)19/h1-7H,15H2,(H3,16,17)(H2,18,19). The quantitative estimate of drug-likeness (QED) is 0.375. The molecular weight excluding hydrogens is 240 g/mol. The van der Waals surface area contributed by atoms with Crippen molar-refractivity contribution in [3.8, 4) is 11.1 Å². The lowest BCUT2D eigenvalue weighted by Gasteiger charge is -2.08. The number of nitrogens with one attached hydrogen (secondary N) is 1. The van der Waals surface area contributed by atoms with E-state index in [1.54, 1.807) is 30.3 Å². The molecule has 2 rings (SSSR count). The normalized spacial score (nSPS) is 10.1. The van der Waals surface area contributed by atoms with Crippen molar-refractivity contribution in [3.05, 3.63) is 53.6 Å². The highest BCUT2D eigenvalue weighted by Gasteiger charge is 2.07. The second-order valence-electron chi connectivity index (χ2n) is 4.16. The minimum absolute atomic E-state index is 0.0922. The number of hydrogen-bond donors (Lipinski definition) is 4. The zero-order valence-electron chi connectivity index (χ0n) is 10.2. The highest BCUT2D eigenvalue weighted by Crippen LogP contribution is 2.24. The van der Waals surface area contributed by atoms with Gasteiger partial charge in [-0.25, -0.2) is 0 Å². The van der Waals surface area contributed by atoms with Gasteiger partial charge in [-0.15, -0.1) is 0 Å². The number of rotatable bonds is 3. The SMILES string of the molecule is N=C(N)c1cc(-c2cccc(C(N)=O)c2)ccc1N. The van der Waals surface area contributed by atoms with E-state index in [-0.39, 0.29) is 5.84 Å². The fourth-order valence-electron chi connectivity index (χ4n) is 1.82. The lowest BCUT2D eigenvalue weighted by Crippen LogP contribution is -2.13. The summed E-state index contributed by atoms with van der Waals surface area (Å²) in [6, 6.07) is 12.1. The van der Waals surface area contributed by atoms with Gasteiger partial charge < -0.3 is 17.2 Å². The van der Waals surface area contributed by atoms with Crippen LogP contribution in [-0.4, -0.2) is 11.7 Å². The molecule has 0 saturated carbocycles. The molecule has 0 fully saturated rings. The molecule has 0 atom stereocenters. The number of nitrogens with two attached hydrogens (primary N) is 3. The molecule has 5 heteroatoms. The van der Waals surface area contributed by atoms with E-state index in [9.17, 15) is 4.79 Å². The molecule has 0 aliphatic carbocycles. The fraction of sp³-hybridized carbons (Fsp3) is 0. The van der Waals surface area contributed by atoms with Crippen molar-refractivity contribution in [2.45, 2.75) is 0 Å². The lowest BCUT2D eigenvalue weighted by molar-refractivity contribution is 0.100. The van der Waals surface area contributed by atoms with Gasteiger partial charge in [-0.2, -0.15) is 0 Å². The van der Waals surface area contributed by atoms with Crippen LogP contribution >= 0.6 is 0 Å². The van der Waals surface area contributed by atoms with Crippen LogP contribution in [0.25, 0.3) is 11.1 Å². The van der Waals surface area contributed by atoms with Crippen LogP contribution in [0.5, 0.6) is 0 Å². The minimum Gasteiger partial charge on any atom is -0.398 e. The van der Waals surface area contributed by atoms with E-state index >= 15 is 0 Å². The number of primary amides is 1. The molecule has 2 aromatic rings. The summed E-state index contributed by atoms with van der Waals surface area (Å²) in [6.07, 6.45) is 0. The molecule has 0 aliphatic rings. The monoisotopic (exact) mass is 254 g/mol. The molecule has 0 spiro atoms. The van der Waals surface area contributed by atoms with Crippen LogP contribution in [0.15, 0.2) is 42.5 Å². The third-order valence-corrected chi connectivity index (χ3v) is 2.82. The predicted molar refractivity (Wildman–Crippen MR) is 75.8 cm³/mol. The first-order chi connectivity index (χ1) is 8.99. The molecule has 0 heterocycles. The molecule has 96 valence electrons. The van der Waals surface area contributed by atoms with E-state index in [1.807, 2.05) is 12.1 Å². The smallest absolute Gasteiger partial charge is 0.248 e. The van der Waals surface area contributed by atoms with E-state index < -0.39 is 5.91 Å². The molecule has 0 radical (unpaired) electrons. The number of carbonyl (C=O) groups excluding carboxylic acids is 1. The Labute approximate surface area is 110 Å². The van der Waals surface area contributed by atoms with Gasteiger partial charge in [0.05, 0.1) is 0 Å². The van der Waals surface area contributed by atoms with Crippen LogP contribution in [0.2, 0.25) is 0 Å². The maximum absolute atomic E-state index is 11.2. The first-order valence-corrected chi connectivity index (χ1v) is 5.63.